The monoisotopic (exact) mass is 166 g/mol. The Hall–Kier alpha value is -0.411. The van der Waals surface area contributed by atoms with Crippen molar-refractivity contribution in [3.05, 3.63) is 42.9 Å². The van der Waals surface area contributed by atoms with Crippen LogP contribution >= 0.6 is 0 Å². The van der Waals surface area contributed by atoms with Crippen LogP contribution in [0.3, 0.4) is 0 Å². The van der Waals surface area contributed by atoms with Crippen molar-refractivity contribution in [2.45, 2.75) is 0 Å². The molecule has 0 aliphatic rings. The minimum absolute atomic E-state index is 0. The SMILES string of the molecule is [Fe+3].[NH2-].[NH2-].[c-]1ccccn1. The summed E-state index contributed by atoms with van der Waals surface area (Å²) in [5.41, 5.74) is 0. The number of hydrogen-bond donors (Lipinski definition) is 0. The second-order valence-electron chi connectivity index (χ2n) is 0.959. The van der Waals surface area contributed by atoms with Crippen LogP contribution in [0.1, 0.15) is 0 Å². The molecule has 0 bridgehead atoms. The molecule has 4 N–H and O–H groups in total. The first kappa shape index (κ1) is 15.8. The predicted molar refractivity (Wildman–Crippen MR) is 33.6 cm³/mol. The van der Waals surface area contributed by atoms with Crippen LogP contribution in [-0.2, 0) is 17.1 Å². The molecule has 3 nitrogen and oxygen atoms in total. The minimum atomic E-state index is 0. The van der Waals surface area contributed by atoms with E-state index in [1.807, 2.05) is 12.1 Å². The van der Waals surface area contributed by atoms with E-state index in [0.29, 0.717) is 0 Å². The number of nitrogens with zero attached hydrogens (tertiary/aromatic N) is 1. The van der Waals surface area contributed by atoms with Gasteiger partial charge in [-0.3, -0.25) is 0 Å². The maximum atomic E-state index is 3.66. The fraction of sp³-hybridized carbons (Fsp3) is 0. The van der Waals surface area contributed by atoms with Crippen molar-refractivity contribution in [3.8, 4) is 0 Å². The summed E-state index contributed by atoms with van der Waals surface area (Å²) in [5, 5.41) is 0. The van der Waals surface area contributed by atoms with Crippen LogP contribution in [0.25, 0.3) is 12.3 Å². The van der Waals surface area contributed by atoms with Gasteiger partial charge in [0.15, 0.2) is 0 Å². The summed E-state index contributed by atoms with van der Waals surface area (Å²) in [6.45, 7) is 0. The van der Waals surface area contributed by atoms with E-state index in [-0.39, 0.29) is 29.4 Å². The maximum absolute atomic E-state index is 3.66. The largest absolute Gasteiger partial charge is 3.00 e. The van der Waals surface area contributed by atoms with Gasteiger partial charge in [-0.15, -0.1) is 0 Å². The molecule has 0 saturated carbocycles. The van der Waals surface area contributed by atoms with Gasteiger partial charge in [0.2, 0.25) is 0 Å². The summed E-state index contributed by atoms with van der Waals surface area (Å²) in [5.74, 6) is 0. The van der Waals surface area contributed by atoms with Gasteiger partial charge in [0, 0.05) is 0 Å². The van der Waals surface area contributed by atoms with Gasteiger partial charge in [0.1, 0.15) is 0 Å². The molecule has 0 amide bonds. The summed E-state index contributed by atoms with van der Waals surface area (Å²) in [4.78, 5) is 3.66. The molecule has 1 rings (SSSR count). The molecule has 1 aromatic heterocycles. The van der Waals surface area contributed by atoms with E-state index in [2.05, 4.69) is 11.2 Å². The number of aromatic nitrogens is 1. The Balaban J connectivity index is -0.000000120. The Labute approximate surface area is 65.5 Å². The van der Waals surface area contributed by atoms with E-state index >= 15 is 0 Å². The van der Waals surface area contributed by atoms with E-state index in [1.165, 1.54) is 0 Å². The molecule has 9 heavy (non-hydrogen) atoms. The van der Waals surface area contributed by atoms with Crippen LogP contribution in [-0.4, -0.2) is 4.98 Å². The molecule has 51 valence electrons. The van der Waals surface area contributed by atoms with Crippen molar-refractivity contribution in [1.29, 1.82) is 0 Å². The number of nitrogens with two attached hydrogens (primary N) is 2. The van der Waals surface area contributed by atoms with Crippen LogP contribution in [0.5, 0.6) is 0 Å². The van der Waals surface area contributed by atoms with Gasteiger partial charge < -0.3 is 17.3 Å². The molecule has 0 unspecified atom stereocenters. The smallest absolute Gasteiger partial charge is 0.693 e. The predicted octanol–water partition coefficient (Wildman–Crippen LogP) is 2.31. The first-order valence-electron chi connectivity index (χ1n) is 1.77. The number of hydrogen-bond acceptors (Lipinski definition) is 1. The molecule has 0 atom stereocenters. The zero-order valence-electron chi connectivity index (χ0n) is 4.76. The second-order valence-corrected chi connectivity index (χ2v) is 0.959. The van der Waals surface area contributed by atoms with Crippen molar-refractivity contribution in [2.75, 3.05) is 0 Å². The summed E-state index contributed by atoms with van der Waals surface area (Å²) < 4.78 is 0. The van der Waals surface area contributed by atoms with E-state index in [0.717, 1.165) is 0 Å². The van der Waals surface area contributed by atoms with Gasteiger partial charge in [0.05, 0.1) is 0 Å². The average molecular weight is 166 g/mol. The van der Waals surface area contributed by atoms with Crippen molar-refractivity contribution < 1.29 is 17.1 Å². The Kier molecular flexibility index (Phi) is 18.6. The van der Waals surface area contributed by atoms with E-state index in [4.69, 9.17) is 0 Å². The molecule has 0 saturated heterocycles. The third kappa shape index (κ3) is 7.59. The number of pyridine rings is 1. The molecular formula is C5H8FeN3. The van der Waals surface area contributed by atoms with Crippen LogP contribution in [0.2, 0.25) is 0 Å². The van der Waals surface area contributed by atoms with Crippen LogP contribution in [0.4, 0.5) is 0 Å². The van der Waals surface area contributed by atoms with Gasteiger partial charge in [-0.1, -0.05) is 12.4 Å². The number of rotatable bonds is 0. The zero-order chi connectivity index (χ0) is 4.24. The van der Waals surface area contributed by atoms with Crippen molar-refractivity contribution >= 4 is 0 Å². The quantitative estimate of drug-likeness (QED) is 0.430. The van der Waals surface area contributed by atoms with E-state index in [1.54, 1.807) is 12.3 Å². The molecular weight excluding hydrogens is 158 g/mol. The van der Waals surface area contributed by atoms with Crippen molar-refractivity contribution in [3.63, 3.8) is 0 Å². The van der Waals surface area contributed by atoms with Crippen LogP contribution in [0, 0.1) is 6.20 Å². The third-order valence-electron chi connectivity index (χ3n) is 0.517. The first-order chi connectivity index (χ1) is 3.00. The average Bonchev–Trinajstić information content (AvgIpc) is 1.72. The topological polar surface area (TPSA) is 79.9 Å². The molecule has 0 fully saturated rings. The standard InChI is InChI=1S/C5H4N.Fe.2H2N/c1-2-4-6-5-3-1;;;/h1-4H;;2*1H2/q-1;+3;2*-1. The molecule has 0 aliphatic heterocycles. The van der Waals surface area contributed by atoms with Gasteiger partial charge >= 0.3 is 17.1 Å². The van der Waals surface area contributed by atoms with Gasteiger partial charge in [-0.25, -0.2) is 0 Å². The molecule has 0 spiro atoms. The molecule has 1 heterocycles. The summed E-state index contributed by atoms with van der Waals surface area (Å²) >= 11 is 0. The summed E-state index contributed by atoms with van der Waals surface area (Å²) in [7, 11) is 0. The Morgan fingerprint density at radius 1 is 1.11 bits per heavy atom. The second kappa shape index (κ2) is 10.5. The van der Waals surface area contributed by atoms with Crippen LogP contribution < -0.4 is 0 Å². The van der Waals surface area contributed by atoms with Gasteiger partial charge in [-0.2, -0.15) is 18.2 Å². The van der Waals surface area contributed by atoms with Gasteiger partial charge in [-0.05, 0) is 0 Å². The fourth-order valence-electron chi connectivity index (χ4n) is 0.277. The summed E-state index contributed by atoms with van der Waals surface area (Å²) in [6, 6.07) is 5.50. The fourth-order valence-corrected chi connectivity index (χ4v) is 0.277. The minimum Gasteiger partial charge on any atom is -0.693 e. The van der Waals surface area contributed by atoms with E-state index < -0.39 is 0 Å². The summed E-state index contributed by atoms with van der Waals surface area (Å²) in [6.07, 6.45) is 4.34. The molecule has 1 aromatic rings. The maximum Gasteiger partial charge on any atom is 3.00 e. The molecule has 4 heteroatoms. The van der Waals surface area contributed by atoms with Crippen molar-refractivity contribution in [2.24, 2.45) is 0 Å². The molecule has 1 radical (unpaired) electrons. The Morgan fingerprint density at radius 3 is 1.89 bits per heavy atom. The zero-order valence-corrected chi connectivity index (χ0v) is 5.87. The third-order valence-corrected chi connectivity index (χ3v) is 0.517. The Bertz CT molecular complexity index is 84.1. The van der Waals surface area contributed by atoms with Crippen molar-refractivity contribution in [1.82, 2.24) is 4.98 Å². The van der Waals surface area contributed by atoms with Crippen LogP contribution in [0.15, 0.2) is 24.4 Å². The normalized spacial score (nSPS) is 5.33. The first-order valence-corrected chi connectivity index (χ1v) is 1.77. The van der Waals surface area contributed by atoms with E-state index in [9.17, 15) is 0 Å². The molecule has 0 aromatic carbocycles. The van der Waals surface area contributed by atoms with Gasteiger partial charge in [0.25, 0.3) is 0 Å². The molecule has 0 aliphatic carbocycles. The Morgan fingerprint density at radius 2 is 1.78 bits per heavy atom.